The number of amides is 3. The second kappa shape index (κ2) is 9.98. The maximum Gasteiger partial charge on any atom is 0.251 e. The molecular formula is C20H23N3O3. The average Bonchev–Trinajstić information content (AvgIpc) is 2.66. The normalized spacial score (nSPS) is 10.0. The molecule has 136 valence electrons. The van der Waals surface area contributed by atoms with Crippen molar-refractivity contribution in [3.8, 4) is 0 Å². The van der Waals surface area contributed by atoms with Crippen LogP contribution < -0.4 is 16.0 Å². The predicted molar refractivity (Wildman–Crippen MR) is 99.5 cm³/mol. The lowest BCUT2D eigenvalue weighted by Gasteiger charge is -2.08. The Morgan fingerprint density at radius 3 is 2.27 bits per heavy atom. The van der Waals surface area contributed by atoms with E-state index in [1.807, 2.05) is 43.3 Å². The third-order valence-electron chi connectivity index (χ3n) is 3.67. The molecule has 0 aliphatic heterocycles. The fourth-order valence-electron chi connectivity index (χ4n) is 2.37. The van der Waals surface area contributed by atoms with Crippen LogP contribution >= 0.6 is 0 Å². The van der Waals surface area contributed by atoms with Crippen molar-refractivity contribution >= 4 is 17.7 Å². The molecule has 0 atom stereocenters. The molecule has 0 aliphatic rings. The van der Waals surface area contributed by atoms with Crippen molar-refractivity contribution in [3.63, 3.8) is 0 Å². The highest BCUT2D eigenvalue weighted by molar-refractivity contribution is 5.94. The molecule has 26 heavy (non-hydrogen) atoms. The molecule has 2 aromatic rings. The van der Waals surface area contributed by atoms with Gasteiger partial charge in [0.25, 0.3) is 5.91 Å². The average molecular weight is 353 g/mol. The summed E-state index contributed by atoms with van der Waals surface area (Å²) in [6, 6.07) is 16.4. The first-order valence-corrected chi connectivity index (χ1v) is 8.53. The highest BCUT2D eigenvalue weighted by Crippen LogP contribution is 2.05. The van der Waals surface area contributed by atoms with Crippen molar-refractivity contribution in [1.82, 2.24) is 16.0 Å². The van der Waals surface area contributed by atoms with Crippen LogP contribution in [0.3, 0.4) is 0 Å². The fraction of sp³-hybridized carbons (Fsp3) is 0.250. The summed E-state index contributed by atoms with van der Waals surface area (Å²) in [6.45, 7) is 2.62. The van der Waals surface area contributed by atoms with E-state index < -0.39 is 0 Å². The van der Waals surface area contributed by atoms with Crippen LogP contribution in [0.2, 0.25) is 0 Å². The summed E-state index contributed by atoms with van der Waals surface area (Å²) in [5, 5.41) is 8.06. The quantitative estimate of drug-likeness (QED) is 0.671. The van der Waals surface area contributed by atoms with E-state index >= 15 is 0 Å². The molecule has 3 amide bonds. The Bertz CT molecular complexity index is 760. The Labute approximate surface area is 153 Å². The number of rotatable bonds is 8. The maximum absolute atomic E-state index is 11.9. The van der Waals surface area contributed by atoms with Gasteiger partial charge in [0.1, 0.15) is 0 Å². The number of hydrogen-bond donors (Lipinski definition) is 3. The zero-order valence-electron chi connectivity index (χ0n) is 14.7. The Balaban J connectivity index is 1.75. The van der Waals surface area contributed by atoms with Gasteiger partial charge in [-0.2, -0.15) is 0 Å². The standard InChI is InChI=1S/C20H23N3O3/c1-2-21-20(26)17-10-6-9-16(11-17)13-22-19(25)14-23-18(24)12-15-7-4-3-5-8-15/h3-11H,2,12-14H2,1H3,(H,21,26)(H,22,25)(H,23,24). The lowest BCUT2D eigenvalue weighted by molar-refractivity contribution is -0.125. The van der Waals surface area contributed by atoms with Crippen LogP contribution in [0, 0.1) is 0 Å². The van der Waals surface area contributed by atoms with Crippen molar-refractivity contribution < 1.29 is 14.4 Å². The molecule has 0 heterocycles. The Hall–Kier alpha value is -3.15. The van der Waals surface area contributed by atoms with Gasteiger partial charge in [-0.3, -0.25) is 14.4 Å². The molecule has 0 aromatic heterocycles. The number of nitrogens with one attached hydrogen (secondary N) is 3. The molecule has 0 saturated carbocycles. The van der Waals surface area contributed by atoms with Crippen LogP contribution in [0.5, 0.6) is 0 Å². The van der Waals surface area contributed by atoms with E-state index in [1.165, 1.54) is 0 Å². The first-order valence-electron chi connectivity index (χ1n) is 8.53. The SMILES string of the molecule is CCNC(=O)c1cccc(CNC(=O)CNC(=O)Cc2ccccc2)c1. The van der Waals surface area contributed by atoms with Gasteiger partial charge in [0.05, 0.1) is 13.0 Å². The van der Waals surface area contributed by atoms with Gasteiger partial charge in [-0.1, -0.05) is 42.5 Å². The fourth-order valence-corrected chi connectivity index (χ4v) is 2.37. The predicted octanol–water partition coefficient (Wildman–Crippen LogP) is 1.41. The van der Waals surface area contributed by atoms with E-state index in [4.69, 9.17) is 0 Å². The van der Waals surface area contributed by atoms with E-state index in [2.05, 4.69) is 16.0 Å². The lowest BCUT2D eigenvalue weighted by Crippen LogP contribution is -2.37. The van der Waals surface area contributed by atoms with Gasteiger partial charge >= 0.3 is 0 Å². The van der Waals surface area contributed by atoms with Gasteiger partial charge in [-0.05, 0) is 30.2 Å². The molecule has 0 saturated heterocycles. The molecular weight excluding hydrogens is 330 g/mol. The van der Waals surface area contributed by atoms with Crippen LogP contribution in [-0.4, -0.2) is 30.8 Å². The van der Waals surface area contributed by atoms with Gasteiger partial charge < -0.3 is 16.0 Å². The first-order chi connectivity index (χ1) is 12.6. The number of carbonyl (C=O) groups excluding carboxylic acids is 3. The number of hydrogen-bond acceptors (Lipinski definition) is 3. The minimum Gasteiger partial charge on any atom is -0.352 e. The molecule has 0 aliphatic carbocycles. The molecule has 2 rings (SSSR count). The topological polar surface area (TPSA) is 87.3 Å². The highest BCUT2D eigenvalue weighted by Gasteiger charge is 2.08. The Kier molecular flexibility index (Phi) is 7.36. The van der Waals surface area contributed by atoms with Crippen molar-refractivity contribution in [2.45, 2.75) is 19.9 Å². The molecule has 0 bridgehead atoms. The van der Waals surface area contributed by atoms with E-state index in [0.717, 1.165) is 11.1 Å². The van der Waals surface area contributed by atoms with E-state index in [0.29, 0.717) is 18.7 Å². The second-order valence-electron chi connectivity index (χ2n) is 5.78. The molecule has 3 N–H and O–H groups in total. The largest absolute Gasteiger partial charge is 0.352 e. The summed E-state index contributed by atoms with van der Waals surface area (Å²) in [7, 11) is 0. The lowest BCUT2D eigenvalue weighted by atomic mass is 10.1. The zero-order chi connectivity index (χ0) is 18.8. The summed E-state index contributed by atoms with van der Waals surface area (Å²) in [4.78, 5) is 35.5. The highest BCUT2D eigenvalue weighted by atomic mass is 16.2. The Morgan fingerprint density at radius 2 is 1.54 bits per heavy atom. The molecule has 6 nitrogen and oxygen atoms in total. The third kappa shape index (κ3) is 6.39. The van der Waals surface area contributed by atoms with Crippen LogP contribution in [0.15, 0.2) is 54.6 Å². The summed E-state index contributed by atoms with van der Waals surface area (Å²) in [5.41, 5.74) is 2.26. The minimum atomic E-state index is -0.283. The monoisotopic (exact) mass is 353 g/mol. The van der Waals surface area contributed by atoms with Crippen LogP contribution in [0.1, 0.15) is 28.4 Å². The number of benzene rings is 2. The van der Waals surface area contributed by atoms with Crippen LogP contribution in [0.25, 0.3) is 0 Å². The van der Waals surface area contributed by atoms with Gasteiger partial charge in [0, 0.05) is 18.7 Å². The van der Waals surface area contributed by atoms with Crippen molar-refractivity contribution in [1.29, 1.82) is 0 Å². The van der Waals surface area contributed by atoms with Gasteiger partial charge in [0.15, 0.2) is 0 Å². The van der Waals surface area contributed by atoms with E-state index in [9.17, 15) is 14.4 Å². The Morgan fingerprint density at radius 1 is 0.808 bits per heavy atom. The number of carbonyl (C=O) groups is 3. The van der Waals surface area contributed by atoms with Crippen LogP contribution in [0.4, 0.5) is 0 Å². The second-order valence-corrected chi connectivity index (χ2v) is 5.78. The smallest absolute Gasteiger partial charge is 0.251 e. The molecule has 0 radical (unpaired) electrons. The van der Waals surface area contributed by atoms with Crippen molar-refractivity contribution in [3.05, 3.63) is 71.3 Å². The summed E-state index contributed by atoms with van der Waals surface area (Å²) in [5.74, 6) is -0.631. The van der Waals surface area contributed by atoms with Crippen molar-refractivity contribution in [2.75, 3.05) is 13.1 Å². The molecule has 6 heteroatoms. The van der Waals surface area contributed by atoms with E-state index in [-0.39, 0.29) is 30.7 Å². The van der Waals surface area contributed by atoms with Gasteiger partial charge in [0.2, 0.25) is 11.8 Å². The summed E-state index contributed by atoms with van der Waals surface area (Å²) in [6.07, 6.45) is 0.239. The molecule has 0 spiro atoms. The zero-order valence-corrected chi connectivity index (χ0v) is 14.7. The minimum absolute atomic E-state index is 0.0817. The third-order valence-corrected chi connectivity index (χ3v) is 3.67. The molecule has 0 fully saturated rings. The summed E-state index contributed by atoms with van der Waals surface area (Å²) >= 11 is 0. The first kappa shape index (κ1) is 19.2. The van der Waals surface area contributed by atoms with Gasteiger partial charge in [-0.15, -0.1) is 0 Å². The summed E-state index contributed by atoms with van der Waals surface area (Å²) < 4.78 is 0. The molecule has 2 aromatic carbocycles. The van der Waals surface area contributed by atoms with Crippen LogP contribution in [-0.2, 0) is 22.6 Å². The van der Waals surface area contributed by atoms with E-state index in [1.54, 1.807) is 18.2 Å². The maximum atomic E-state index is 11.9. The van der Waals surface area contributed by atoms with Gasteiger partial charge in [-0.25, -0.2) is 0 Å². The van der Waals surface area contributed by atoms with Crippen molar-refractivity contribution in [2.24, 2.45) is 0 Å². The molecule has 0 unspecified atom stereocenters.